The molecule has 1 N–H and O–H groups in total. The summed E-state index contributed by atoms with van der Waals surface area (Å²) in [4.78, 5) is 2.48. The van der Waals surface area contributed by atoms with Crippen molar-refractivity contribution in [2.75, 3.05) is 33.3 Å². The van der Waals surface area contributed by atoms with Gasteiger partial charge < -0.3 is 15.0 Å². The first-order valence-corrected chi connectivity index (χ1v) is 6.99. The van der Waals surface area contributed by atoms with Gasteiger partial charge in [0.15, 0.2) is 0 Å². The lowest BCUT2D eigenvalue weighted by Gasteiger charge is -2.35. The van der Waals surface area contributed by atoms with Crippen molar-refractivity contribution in [3.8, 4) is 0 Å². The van der Waals surface area contributed by atoms with Crippen LogP contribution in [0.3, 0.4) is 0 Å². The quantitative estimate of drug-likeness (QED) is 0.692. The Morgan fingerprint density at radius 1 is 1.41 bits per heavy atom. The number of nitrogens with zero attached hydrogens (tertiary/aromatic N) is 1. The molecule has 2 atom stereocenters. The Morgan fingerprint density at radius 2 is 2.12 bits per heavy atom. The minimum atomic E-state index is 0.326. The SMILES string of the molecule is CCCNCC(C)(C)CN(C)C1CCOC1C. The Morgan fingerprint density at radius 3 is 2.65 bits per heavy atom. The maximum atomic E-state index is 5.64. The fourth-order valence-corrected chi connectivity index (χ4v) is 2.75. The standard InChI is InChI=1S/C14H30N2O/c1-6-8-15-10-14(3,4)11-16(5)13-7-9-17-12(13)2/h12-13,15H,6-11H2,1-5H3. The van der Waals surface area contributed by atoms with Crippen molar-refractivity contribution in [1.29, 1.82) is 0 Å². The van der Waals surface area contributed by atoms with Crippen molar-refractivity contribution in [3.63, 3.8) is 0 Å². The zero-order valence-electron chi connectivity index (χ0n) is 12.3. The molecule has 1 heterocycles. The zero-order chi connectivity index (χ0) is 12.9. The minimum Gasteiger partial charge on any atom is -0.377 e. The molecule has 2 unspecified atom stereocenters. The van der Waals surface area contributed by atoms with Gasteiger partial charge in [-0.3, -0.25) is 0 Å². The van der Waals surface area contributed by atoms with E-state index in [1.54, 1.807) is 0 Å². The number of ether oxygens (including phenoxy) is 1. The highest BCUT2D eigenvalue weighted by atomic mass is 16.5. The first-order chi connectivity index (χ1) is 7.96. The lowest BCUT2D eigenvalue weighted by molar-refractivity contribution is 0.0692. The highest BCUT2D eigenvalue weighted by Crippen LogP contribution is 2.23. The lowest BCUT2D eigenvalue weighted by atomic mass is 9.91. The summed E-state index contributed by atoms with van der Waals surface area (Å²) >= 11 is 0. The monoisotopic (exact) mass is 242 g/mol. The second kappa shape index (κ2) is 6.72. The predicted octanol–water partition coefficient (Wildman–Crippen LogP) is 2.12. The van der Waals surface area contributed by atoms with E-state index in [0.29, 0.717) is 17.6 Å². The molecule has 0 bridgehead atoms. The summed E-state index contributed by atoms with van der Waals surface area (Å²) in [6.45, 7) is 13.3. The van der Waals surface area contributed by atoms with E-state index in [0.717, 1.165) is 26.2 Å². The minimum absolute atomic E-state index is 0.326. The van der Waals surface area contributed by atoms with Gasteiger partial charge in [-0.1, -0.05) is 20.8 Å². The van der Waals surface area contributed by atoms with Crippen LogP contribution >= 0.6 is 0 Å². The predicted molar refractivity (Wildman–Crippen MR) is 73.4 cm³/mol. The van der Waals surface area contributed by atoms with Gasteiger partial charge in [0.1, 0.15) is 0 Å². The molecule has 1 fully saturated rings. The van der Waals surface area contributed by atoms with Gasteiger partial charge in [0.25, 0.3) is 0 Å². The van der Waals surface area contributed by atoms with Gasteiger partial charge in [-0.25, -0.2) is 0 Å². The molecular formula is C14H30N2O. The number of likely N-dealkylation sites (N-methyl/N-ethyl adjacent to an activating group) is 1. The molecule has 0 saturated carbocycles. The number of nitrogens with one attached hydrogen (secondary N) is 1. The highest BCUT2D eigenvalue weighted by molar-refractivity contribution is 4.84. The molecule has 102 valence electrons. The molecule has 0 radical (unpaired) electrons. The summed E-state index contributed by atoms with van der Waals surface area (Å²) in [6, 6.07) is 0.598. The summed E-state index contributed by atoms with van der Waals surface area (Å²) in [6.07, 6.45) is 2.77. The Balaban J connectivity index is 2.35. The average Bonchev–Trinajstić information content (AvgIpc) is 2.64. The van der Waals surface area contributed by atoms with E-state index in [4.69, 9.17) is 4.74 Å². The van der Waals surface area contributed by atoms with Gasteiger partial charge in [0.05, 0.1) is 6.10 Å². The van der Waals surface area contributed by atoms with Crippen LogP contribution in [0, 0.1) is 5.41 Å². The lowest BCUT2D eigenvalue weighted by Crippen LogP contribution is -2.45. The van der Waals surface area contributed by atoms with Crippen LogP contribution in [0.4, 0.5) is 0 Å². The summed E-state index contributed by atoms with van der Waals surface area (Å²) in [5.41, 5.74) is 0.326. The van der Waals surface area contributed by atoms with Crippen molar-refractivity contribution < 1.29 is 4.74 Å². The summed E-state index contributed by atoms with van der Waals surface area (Å²) in [5.74, 6) is 0. The molecule has 0 aromatic heterocycles. The normalized spacial score (nSPS) is 25.8. The molecule has 0 aliphatic carbocycles. The van der Waals surface area contributed by atoms with Gasteiger partial charge in [-0.15, -0.1) is 0 Å². The van der Waals surface area contributed by atoms with Gasteiger partial charge in [0, 0.05) is 25.7 Å². The fraction of sp³-hybridized carbons (Fsp3) is 1.00. The Kier molecular flexibility index (Phi) is 5.90. The van der Waals surface area contributed by atoms with Gasteiger partial charge in [-0.2, -0.15) is 0 Å². The van der Waals surface area contributed by atoms with Crippen LogP contribution in [0.2, 0.25) is 0 Å². The molecule has 1 saturated heterocycles. The first kappa shape index (κ1) is 14.9. The molecule has 0 aromatic rings. The number of hydrogen-bond acceptors (Lipinski definition) is 3. The van der Waals surface area contributed by atoms with E-state index in [2.05, 4.69) is 45.0 Å². The molecule has 17 heavy (non-hydrogen) atoms. The third-order valence-corrected chi connectivity index (χ3v) is 3.61. The van der Waals surface area contributed by atoms with Crippen LogP contribution in [0.5, 0.6) is 0 Å². The zero-order valence-corrected chi connectivity index (χ0v) is 12.3. The van der Waals surface area contributed by atoms with E-state index in [-0.39, 0.29) is 0 Å². The molecule has 3 nitrogen and oxygen atoms in total. The molecular weight excluding hydrogens is 212 g/mol. The van der Waals surface area contributed by atoms with Crippen LogP contribution in [0.25, 0.3) is 0 Å². The summed E-state index contributed by atoms with van der Waals surface area (Å²) in [5, 5.41) is 3.52. The van der Waals surface area contributed by atoms with Crippen molar-refractivity contribution in [3.05, 3.63) is 0 Å². The molecule has 0 aromatic carbocycles. The van der Waals surface area contributed by atoms with E-state index in [1.165, 1.54) is 12.8 Å². The second-order valence-corrected chi connectivity index (χ2v) is 6.19. The third kappa shape index (κ3) is 4.94. The molecule has 3 heteroatoms. The van der Waals surface area contributed by atoms with Crippen LogP contribution in [-0.2, 0) is 4.74 Å². The van der Waals surface area contributed by atoms with Crippen LogP contribution in [0.15, 0.2) is 0 Å². The van der Waals surface area contributed by atoms with Crippen LogP contribution < -0.4 is 5.32 Å². The highest BCUT2D eigenvalue weighted by Gasteiger charge is 2.30. The van der Waals surface area contributed by atoms with Crippen molar-refractivity contribution in [2.45, 2.75) is 52.7 Å². The molecule has 0 spiro atoms. The van der Waals surface area contributed by atoms with Gasteiger partial charge >= 0.3 is 0 Å². The smallest absolute Gasteiger partial charge is 0.0702 e. The van der Waals surface area contributed by atoms with Crippen LogP contribution in [-0.4, -0.2) is 50.3 Å². The molecule has 0 amide bonds. The van der Waals surface area contributed by atoms with Crippen LogP contribution in [0.1, 0.15) is 40.5 Å². The Labute approximate surface area is 107 Å². The summed E-state index contributed by atoms with van der Waals surface area (Å²) in [7, 11) is 2.23. The number of hydrogen-bond donors (Lipinski definition) is 1. The Hall–Kier alpha value is -0.120. The van der Waals surface area contributed by atoms with Crippen molar-refractivity contribution in [1.82, 2.24) is 10.2 Å². The van der Waals surface area contributed by atoms with Crippen molar-refractivity contribution in [2.24, 2.45) is 5.41 Å². The first-order valence-electron chi connectivity index (χ1n) is 6.99. The maximum Gasteiger partial charge on any atom is 0.0702 e. The maximum absolute atomic E-state index is 5.64. The Bertz CT molecular complexity index is 218. The van der Waals surface area contributed by atoms with E-state index in [1.807, 2.05) is 0 Å². The fourth-order valence-electron chi connectivity index (χ4n) is 2.75. The topological polar surface area (TPSA) is 24.5 Å². The van der Waals surface area contributed by atoms with Crippen molar-refractivity contribution >= 4 is 0 Å². The average molecular weight is 242 g/mol. The molecule has 1 aliphatic heterocycles. The summed E-state index contributed by atoms with van der Waals surface area (Å²) < 4.78 is 5.64. The van der Waals surface area contributed by atoms with E-state index in [9.17, 15) is 0 Å². The largest absolute Gasteiger partial charge is 0.377 e. The molecule has 1 aliphatic rings. The number of rotatable bonds is 7. The second-order valence-electron chi connectivity index (χ2n) is 6.19. The van der Waals surface area contributed by atoms with E-state index >= 15 is 0 Å². The van der Waals surface area contributed by atoms with E-state index < -0.39 is 0 Å². The van der Waals surface area contributed by atoms with Gasteiger partial charge in [0.2, 0.25) is 0 Å². The molecule has 1 rings (SSSR count). The van der Waals surface area contributed by atoms with Gasteiger partial charge in [-0.05, 0) is 38.8 Å². The third-order valence-electron chi connectivity index (χ3n) is 3.61.